The molecule has 3 rings (SSSR count). The maximum atomic E-state index is 5.77. The highest BCUT2D eigenvalue weighted by atomic mass is 35.5. The highest BCUT2D eigenvalue weighted by Gasteiger charge is 2.16. The van der Waals surface area contributed by atoms with E-state index in [1.165, 1.54) is 32.1 Å². The summed E-state index contributed by atoms with van der Waals surface area (Å²) in [5, 5.41) is 4.85. The molecule has 0 atom stereocenters. The zero-order valence-corrected chi connectivity index (χ0v) is 12.3. The highest BCUT2D eigenvalue weighted by Crippen LogP contribution is 2.28. The molecule has 108 valence electrons. The third kappa shape index (κ3) is 3.90. The molecule has 0 aliphatic heterocycles. The fourth-order valence-electron chi connectivity index (χ4n) is 2.43. The van der Waals surface area contributed by atoms with Gasteiger partial charge in [0.05, 0.1) is 22.9 Å². The van der Waals surface area contributed by atoms with Gasteiger partial charge in [-0.3, -0.25) is 0 Å². The Hall–Kier alpha value is -1.68. The highest BCUT2D eigenvalue weighted by molar-refractivity contribution is 6.33. The summed E-state index contributed by atoms with van der Waals surface area (Å²) < 4.78 is 1.97. The van der Waals surface area contributed by atoms with Crippen LogP contribution in [0.1, 0.15) is 38.1 Å². The fraction of sp³-hybridized carbons (Fsp3) is 0.400. The van der Waals surface area contributed by atoms with Crippen LogP contribution in [0.25, 0.3) is 0 Å². The Kier molecular flexibility index (Phi) is 5.30. The molecule has 5 heteroatoms. The first-order chi connectivity index (χ1) is 9.68. The molecule has 0 saturated heterocycles. The number of anilines is 2. The fourth-order valence-corrected chi connectivity index (χ4v) is 2.57. The number of halogens is 1. The molecule has 4 nitrogen and oxygen atoms in total. The lowest BCUT2D eigenvalue weighted by Crippen LogP contribution is -2.15. The molecular weight excluding hydrogens is 272 g/mol. The van der Waals surface area contributed by atoms with E-state index in [0.717, 1.165) is 5.82 Å². The van der Waals surface area contributed by atoms with Crippen LogP contribution >= 0.6 is 11.6 Å². The Morgan fingerprint density at radius 3 is 2.25 bits per heavy atom. The third-order valence-corrected chi connectivity index (χ3v) is 3.87. The summed E-state index contributed by atoms with van der Waals surface area (Å²) in [4.78, 5) is 0. The molecule has 1 heterocycles. The van der Waals surface area contributed by atoms with Gasteiger partial charge in [-0.25, -0.2) is 4.68 Å². The van der Waals surface area contributed by atoms with Crippen LogP contribution in [0.2, 0.25) is 5.02 Å². The Balaban J connectivity index is 0.000000160. The Labute approximate surface area is 124 Å². The number of nitrogens with two attached hydrogens (primary N) is 2. The van der Waals surface area contributed by atoms with Crippen LogP contribution in [0.4, 0.5) is 11.5 Å². The Morgan fingerprint density at radius 1 is 1.05 bits per heavy atom. The standard InChI is InChI=1S/C9H15N3.C6H6ClN/c10-9-6-7-11-12(9)8-4-2-1-3-5-8;7-5-3-1-2-4-6(5)8/h6-8H,1-5,10H2;1-4H,8H2. The first-order valence-corrected chi connectivity index (χ1v) is 7.35. The normalized spacial score (nSPS) is 15.4. The van der Waals surface area contributed by atoms with Crippen molar-refractivity contribution in [3.05, 3.63) is 41.6 Å². The van der Waals surface area contributed by atoms with Gasteiger partial charge in [-0.15, -0.1) is 0 Å². The number of nitrogens with zero attached hydrogens (tertiary/aromatic N) is 2. The van der Waals surface area contributed by atoms with E-state index in [0.29, 0.717) is 16.8 Å². The maximum absolute atomic E-state index is 5.77. The predicted octanol–water partition coefficient (Wildman–Crippen LogP) is 3.89. The molecule has 1 aromatic carbocycles. The minimum atomic E-state index is 0.564. The molecule has 0 amide bonds. The molecule has 0 spiro atoms. The van der Waals surface area contributed by atoms with Crippen molar-refractivity contribution >= 4 is 23.1 Å². The van der Waals surface area contributed by atoms with Crippen LogP contribution < -0.4 is 11.5 Å². The minimum Gasteiger partial charge on any atom is -0.398 e. The second kappa shape index (κ2) is 7.20. The van der Waals surface area contributed by atoms with Crippen LogP contribution in [-0.2, 0) is 0 Å². The summed E-state index contributed by atoms with van der Waals surface area (Å²) in [6.07, 6.45) is 8.29. The average molecular weight is 293 g/mol. The SMILES string of the molecule is Nc1ccccc1Cl.Nc1ccnn1C1CCCCC1. The van der Waals surface area contributed by atoms with Crippen LogP contribution in [0, 0.1) is 0 Å². The summed E-state index contributed by atoms with van der Waals surface area (Å²) in [7, 11) is 0. The number of aromatic nitrogens is 2. The number of para-hydroxylation sites is 1. The van der Waals surface area contributed by atoms with E-state index in [-0.39, 0.29) is 0 Å². The van der Waals surface area contributed by atoms with E-state index in [4.69, 9.17) is 23.1 Å². The summed E-state index contributed by atoms with van der Waals surface area (Å²) >= 11 is 5.58. The van der Waals surface area contributed by atoms with Gasteiger partial charge in [-0.2, -0.15) is 5.10 Å². The molecule has 0 unspecified atom stereocenters. The lowest BCUT2D eigenvalue weighted by atomic mass is 9.96. The number of hydrogen-bond acceptors (Lipinski definition) is 3. The van der Waals surface area contributed by atoms with Gasteiger partial charge < -0.3 is 11.5 Å². The van der Waals surface area contributed by atoms with Crippen molar-refractivity contribution in [2.45, 2.75) is 38.1 Å². The summed E-state index contributed by atoms with van der Waals surface area (Å²) in [5.74, 6) is 0.807. The molecule has 20 heavy (non-hydrogen) atoms. The van der Waals surface area contributed by atoms with Gasteiger partial charge in [0.1, 0.15) is 5.82 Å². The summed E-state index contributed by atoms with van der Waals surface area (Å²) in [6, 6.07) is 9.65. The number of hydrogen-bond donors (Lipinski definition) is 2. The van der Waals surface area contributed by atoms with Gasteiger partial charge in [0.2, 0.25) is 0 Å². The van der Waals surface area contributed by atoms with Crippen molar-refractivity contribution in [1.82, 2.24) is 9.78 Å². The van der Waals surface area contributed by atoms with Gasteiger partial charge in [-0.1, -0.05) is 43.0 Å². The predicted molar refractivity (Wildman–Crippen MR) is 84.6 cm³/mol. The summed E-state index contributed by atoms with van der Waals surface area (Å²) in [6.45, 7) is 0. The Bertz CT molecular complexity index is 511. The van der Waals surface area contributed by atoms with Gasteiger partial charge >= 0.3 is 0 Å². The second-order valence-corrected chi connectivity index (χ2v) is 5.42. The van der Waals surface area contributed by atoms with Crippen molar-refractivity contribution in [3.8, 4) is 0 Å². The molecule has 1 aliphatic carbocycles. The lowest BCUT2D eigenvalue weighted by molar-refractivity contribution is 0.333. The first kappa shape index (κ1) is 14.7. The summed E-state index contributed by atoms with van der Waals surface area (Å²) in [5.41, 5.74) is 11.8. The average Bonchev–Trinajstić information content (AvgIpc) is 2.90. The van der Waals surface area contributed by atoms with Crippen molar-refractivity contribution in [2.24, 2.45) is 0 Å². The van der Waals surface area contributed by atoms with E-state index in [1.54, 1.807) is 18.3 Å². The lowest BCUT2D eigenvalue weighted by Gasteiger charge is -2.22. The molecule has 2 aromatic rings. The van der Waals surface area contributed by atoms with E-state index >= 15 is 0 Å². The van der Waals surface area contributed by atoms with Crippen molar-refractivity contribution in [3.63, 3.8) is 0 Å². The third-order valence-electron chi connectivity index (χ3n) is 3.53. The van der Waals surface area contributed by atoms with Crippen LogP contribution in [0.5, 0.6) is 0 Å². The molecule has 1 saturated carbocycles. The molecular formula is C15H21ClN4. The van der Waals surface area contributed by atoms with Crippen molar-refractivity contribution in [1.29, 1.82) is 0 Å². The molecule has 1 aliphatic rings. The molecule has 0 bridgehead atoms. The van der Waals surface area contributed by atoms with Gasteiger partial charge in [0, 0.05) is 0 Å². The molecule has 1 fully saturated rings. The number of benzene rings is 1. The number of rotatable bonds is 1. The zero-order chi connectivity index (χ0) is 14.4. The zero-order valence-electron chi connectivity index (χ0n) is 11.5. The molecule has 1 aromatic heterocycles. The minimum absolute atomic E-state index is 0.564. The van der Waals surface area contributed by atoms with Crippen molar-refractivity contribution < 1.29 is 0 Å². The van der Waals surface area contributed by atoms with E-state index in [2.05, 4.69) is 5.10 Å². The quantitative estimate of drug-likeness (QED) is 0.783. The van der Waals surface area contributed by atoms with Gasteiger partial charge in [0.15, 0.2) is 0 Å². The van der Waals surface area contributed by atoms with E-state index in [9.17, 15) is 0 Å². The monoisotopic (exact) mass is 292 g/mol. The van der Waals surface area contributed by atoms with Crippen molar-refractivity contribution in [2.75, 3.05) is 11.5 Å². The number of nitrogen functional groups attached to an aromatic ring is 2. The second-order valence-electron chi connectivity index (χ2n) is 5.01. The van der Waals surface area contributed by atoms with Crippen LogP contribution in [0.15, 0.2) is 36.5 Å². The first-order valence-electron chi connectivity index (χ1n) is 6.97. The van der Waals surface area contributed by atoms with Crippen LogP contribution in [-0.4, -0.2) is 9.78 Å². The Morgan fingerprint density at radius 2 is 1.75 bits per heavy atom. The van der Waals surface area contributed by atoms with E-state index < -0.39 is 0 Å². The van der Waals surface area contributed by atoms with Gasteiger partial charge in [0.25, 0.3) is 0 Å². The van der Waals surface area contributed by atoms with E-state index in [1.807, 2.05) is 22.9 Å². The molecule has 4 N–H and O–H groups in total. The van der Waals surface area contributed by atoms with Crippen LogP contribution in [0.3, 0.4) is 0 Å². The largest absolute Gasteiger partial charge is 0.398 e. The molecule has 0 radical (unpaired) electrons. The topological polar surface area (TPSA) is 69.9 Å². The smallest absolute Gasteiger partial charge is 0.121 e. The van der Waals surface area contributed by atoms with Gasteiger partial charge in [-0.05, 0) is 31.0 Å². The maximum Gasteiger partial charge on any atom is 0.121 e.